The number of nitrogens with zero attached hydrogens (tertiary/aromatic N) is 1. The molecule has 4 nitrogen and oxygen atoms in total. The Balaban J connectivity index is 1.47. The normalized spacial score (nSPS) is 20.1. The molecule has 0 amide bonds. The van der Waals surface area contributed by atoms with Crippen LogP contribution in [-0.2, 0) is 0 Å². The Labute approximate surface area is 155 Å². The van der Waals surface area contributed by atoms with Gasteiger partial charge in [-0.1, -0.05) is 17.7 Å². The molecule has 1 fully saturated rings. The van der Waals surface area contributed by atoms with Gasteiger partial charge in [-0.25, -0.2) is 0 Å². The zero-order valence-corrected chi connectivity index (χ0v) is 15.8. The first-order chi connectivity index (χ1) is 12.4. The van der Waals surface area contributed by atoms with Gasteiger partial charge in [0.15, 0.2) is 5.78 Å². The first kappa shape index (κ1) is 18.5. The Hall–Kier alpha value is -2.33. The summed E-state index contributed by atoms with van der Waals surface area (Å²) in [5.41, 5.74) is 1.74. The van der Waals surface area contributed by atoms with Crippen LogP contribution in [0.25, 0.3) is 0 Å². The summed E-state index contributed by atoms with van der Waals surface area (Å²) in [6.45, 7) is 9.22. The largest absolute Gasteiger partial charge is 0.492 e. The van der Waals surface area contributed by atoms with E-state index in [9.17, 15) is 4.79 Å². The lowest BCUT2D eigenvalue weighted by atomic mass is 10.1. The molecular formula is C22H27NO3. The van der Waals surface area contributed by atoms with Crippen molar-refractivity contribution in [2.24, 2.45) is 0 Å². The van der Waals surface area contributed by atoms with Gasteiger partial charge < -0.3 is 9.47 Å². The lowest BCUT2D eigenvalue weighted by molar-refractivity contribution is 0.0934. The van der Waals surface area contributed by atoms with Crippen molar-refractivity contribution in [1.82, 2.24) is 4.90 Å². The molecule has 1 heterocycles. The van der Waals surface area contributed by atoms with Crippen molar-refractivity contribution < 1.29 is 14.3 Å². The maximum atomic E-state index is 11.4. The van der Waals surface area contributed by atoms with E-state index in [0.717, 1.165) is 37.6 Å². The third-order valence-corrected chi connectivity index (χ3v) is 4.84. The van der Waals surface area contributed by atoms with Gasteiger partial charge in [-0.15, -0.1) is 0 Å². The molecule has 0 radical (unpaired) electrons. The number of ketones is 1. The summed E-state index contributed by atoms with van der Waals surface area (Å²) in [7, 11) is 0. The van der Waals surface area contributed by atoms with E-state index in [1.807, 2.05) is 36.4 Å². The van der Waals surface area contributed by atoms with Crippen LogP contribution in [0, 0.1) is 6.92 Å². The summed E-state index contributed by atoms with van der Waals surface area (Å²) in [6, 6.07) is 15.6. The number of likely N-dealkylation sites (tertiary alicyclic amines) is 1. The summed E-state index contributed by atoms with van der Waals surface area (Å²) in [6.07, 6.45) is 0.978. The highest BCUT2D eigenvalue weighted by molar-refractivity contribution is 5.94. The van der Waals surface area contributed by atoms with Crippen LogP contribution in [0.3, 0.4) is 0 Å². The molecule has 2 aromatic rings. The first-order valence-electron chi connectivity index (χ1n) is 9.15. The van der Waals surface area contributed by atoms with E-state index in [0.29, 0.717) is 12.2 Å². The standard InChI is InChI=1S/C22H27NO3/c1-17-4-8-20(9-5-17)25-15-14-23-13-12-22(3,16-23)26-21-10-6-19(7-11-21)18(2)24/h4-11H,12-16H2,1-3H3. The second kappa shape index (κ2) is 7.92. The Morgan fingerprint density at radius 1 is 1.08 bits per heavy atom. The zero-order valence-electron chi connectivity index (χ0n) is 15.8. The molecule has 138 valence electrons. The van der Waals surface area contributed by atoms with Crippen LogP contribution in [0.4, 0.5) is 0 Å². The predicted octanol–water partition coefficient (Wildman–Crippen LogP) is 4.12. The van der Waals surface area contributed by atoms with Crippen LogP contribution in [0.15, 0.2) is 48.5 Å². The third kappa shape index (κ3) is 4.85. The van der Waals surface area contributed by atoms with Crippen LogP contribution >= 0.6 is 0 Å². The van der Waals surface area contributed by atoms with E-state index in [-0.39, 0.29) is 11.4 Å². The maximum absolute atomic E-state index is 11.4. The number of Topliss-reactive ketones (excluding diaryl/α,β-unsaturated/α-hetero) is 1. The van der Waals surface area contributed by atoms with Crippen LogP contribution in [0.1, 0.15) is 36.2 Å². The lowest BCUT2D eigenvalue weighted by Gasteiger charge is -2.26. The van der Waals surface area contributed by atoms with Crippen LogP contribution in [-0.4, -0.2) is 42.5 Å². The molecule has 0 aromatic heterocycles. The molecule has 1 unspecified atom stereocenters. The number of carbonyl (C=O) groups excluding carboxylic acids is 1. The van der Waals surface area contributed by atoms with Gasteiger partial charge in [-0.2, -0.15) is 0 Å². The minimum Gasteiger partial charge on any atom is -0.492 e. The highest BCUT2D eigenvalue weighted by Crippen LogP contribution is 2.28. The number of ether oxygens (including phenoxy) is 2. The first-order valence-corrected chi connectivity index (χ1v) is 9.15. The van der Waals surface area contributed by atoms with Crippen LogP contribution < -0.4 is 9.47 Å². The fourth-order valence-corrected chi connectivity index (χ4v) is 3.27. The van der Waals surface area contributed by atoms with Crippen LogP contribution in [0.5, 0.6) is 11.5 Å². The average molecular weight is 353 g/mol. The van der Waals surface area contributed by atoms with E-state index in [1.165, 1.54) is 5.56 Å². The molecule has 4 heteroatoms. The monoisotopic (exact) mass is 353 g/mol. The number of hydrogen-bond donors (Lipinski definition) is 0. The van der Waals surface area contributed by atoms with Crippen LogP contribution in [0.2, 0.25) is 0 Å². The lowest BCUT2D eigenvalue weighted by Crippen LogP contribution is -2.37. The predicted molar refractivity (Wildman–Crippen MR) is 103 cm³/mol. The molecular weight excluding hydrogens is 326 g/mol. The Kier molecular flexibility index (Phi) is 5.62. The third-order valence-electron chi connectivity index (χ3n) is 4.84. The van der Waals surface area contributed by atoms with E-state index >= 15 is 0 Å². The summed E-state index contributed by atoms with van der Waals surface area (Å²) >= 11 is 0. The maximum Gasteiger partial charge on any atom is 0.159 e. The van der Waals surface area contributed by atoms with E-state index < -0.39 is 0 Å². The fourth-order valence-electron chi connectivity index (χ4n) is 3.27. The van der Waals surface area contributed by atoms with Gasteiger partial charge in [0.2, 0.25) is 0 Å². The molecule has 1 atom stereocenters. The smallest absolute Gasteiger partial charge is 0.159 e. The van der Waals surface area contributed by atoms with Gasteiger partial charge in [0.1, 0.15) is 23.7 Å². The van der Waals surface area contributed by atoms with Crippen molar-refractivity contribution in [3.05, 3.63) is 59.7 Å². The Morgan fingerprint density at radius 3 is 2.38 bits per heavy atom. The van der Waals surface area contributed by atoms with Crippen molar-refractivity contribution in [2.75, 3.05) is 26.2 Å². The van der Waals surface area contributed by atoms with Crippen molar-refractivity contribution in [2.45, 2.75) is 32.8 Å². The second-order valence-corrected chi connectivity index (χ2v) is 7.32. The Morgan fingerprint density at radius 2 is 1.73 bits per heavy atom. The number of rotatable bonds is 7. The zero-order chi connectivity index (χ0) is 18.6. The van der Waals surface area contributed by atoms with E-state index in [4.69, 9.17) is 9.47 Å². The molecule has 0 bridgehead atoms. The molecule has 0 saturated carbocycles. The van der Waals surface area contributed by atoms with Gasteiger partial charge in [0.25, 0.3) is 0 Å². The number of benzene rings is 2. The molecule has 0 spiro atoms. The minimum absolute atomic E-state index is 0.0726. The molecule has 2 aromatic carbocycles. The summed E-state index contributed by atoms with van der Waals surface area (Å²) in [5.74, 6) is 1.80. The average Bonchev–Trinajstić information content (AvgIpc) is 2.98. The van der Waals surface area contributed by atoms with Crippen molar-refractivity contribution in [3.63, 3.8) is 0 Å². The van der Waals surface area contributed by atoms with Crippen molar-refractivity contribution in [3.8, 4) is 11.5 Å². The van der Waals surface area contributed by atoms with E-state index in [1.54, 1.807) is 6.92 Å². The molecule has 1 saturated heterocycles. The summed E-state index contributed by atoms with van der Waals surface area (Å²) in [5, 5.41) is 0. The number of aryl methyl sites for hydroxylation is 1. The van der Waals surface area contributed by atoms with E-state index in [2.05, 4.69) is 30.9 Å². The Bertz CT molecular complexity index is 739. The molecule has 1 aliphatic heterocycles. The van der Waals surface area contributed by atoms with Gasteiger partial charge in [-0.3, -0.25) is 9.69 Å². The number of hydrogen-bond acceptors (Lipinski definition) is 4. The molecule has 1 aliphatic rings. The summed E-state index contributed by atoms with van der Waals surface area (Å²) in [4.78, 5) is 13.7. The molecule has 0 aliphatic carbocycles. The van der Waals surface area contributed by atoms with Gasteiger partial charge >= 0.3 is 0 Å². The highest BCUT2D eigenvalue weighted by Gasteiger charge is 2.35. The topological polar surface area (TPSA) is 38.8 Å². The van der Waals surface area contributed by atoms with Gasteiger partial charge in [0, 0.05) is 31.6 Å². The van der Waals surface area contributed by atoms with Crippen molar-refractivity contribution >= 4 is 5.78 Å². The fraction of sp³-hybridized carbons (Fsp3) is 0.409. The quantitative estimate of drug-likeness (QED) is 0.702. The van der Waals surface area contributed by atoms with Gasteiger partial charge in [-0.05, 0) is 57.2 Å². The van der Waals surface area contributed by atoms with Crippen molar-refractivity contribution in [1.29, 1.82) is 0 Å². The molecule has 26 heavy (non-hydrogen) atoms. The molecule has 3 rings (SSSR count). The number of carbonyl (C=O) groups is 1. The molecule has 0 N–H and O–H groups in total. The van der Waals surface area contributed by atoms with Gasteiger partial charge in [0.05, 0.1) is 0 Å². The highest BCUT2D eigenvalue weighted by atomic mass is 16.5. The SMILES string of the molecule is CC(=O)c1ccc(OC2(C)CCN(CCOc3ccc(C)cc3)C2)cc1. The minimum atomic E-state index is -0.207. The second-order valence-electron chi connectivity index (χ2n) is 7.32. The summed E-state index contributed by atoms with van der Waals surface area (Å²) < 4.78 is 12.0.